The Hall–Kier alpha value is -6.82. The van der Waals surface area contributed by atoms with Crippen LogP contribution in [0.4, 0.5) is 36.4 Å². The van der Waals surface area contributed by atoms with Crippen molar-refractivity contribution in [2.24, 2.45) is 0 Å². The maximum atomic E-state index is 13.1. The molecular formula is C38H33ClF3N9O6. The third-order valence-electron chi connectivity index (χ3n) is 8.46. The Labute approximate surface area is 327 Å². The SMILES string of the molecule is COC(=O)[C@H](CNC(=O)C(=O)Nc1cccc(-c2cccnc2)c1)NC(=O)c1ccc(Nc2nc(NC3(c4ccc(Cl)cc4)CC3)nc(OCC(F)(F)F)n2)cc1. The molecule has 1 aliphatic carbocycles. The number of esters is 1. The van der Waals surface area contributed by atoms with Gasteiger partial charge in [-0.15, -0.1) is 0 Å². The molecule has 5 N–H and O–H groups in total. The highest BCUT2D eigenvalue weighted by Crippen LogP contribution is 2.48. The van der Waals surface area contributed by atoms with E-state index in [1.165, 1.54) is 24.3 Å². The van der Waals surface area contributed by atoms with Gasteiger partial charge in [-0.3, -0.25) is 19.4 Å². The molecule has 0 radical (unpaired) electrons. The van der Waals surface area contributed by atoms with Gasteiger partial charge in [-0.1, -0.05) is 41.9 Å². The van der Waals surface area contributed by atoms with Crippen molar-refractivity contribution in [1.82, 2.24) is 30.6 Å². The Kier molecular flexibility index (Phi) is 12.1. The van der Waals surface area contributed by atoms with Gasteiger partial charge < -0.3 is 36.1 Å². The largest absolute Gasteiger partial charge is 0.467 e. The van der Waals surface area contributed by atoms with Crippen LogP contribution >= 0.6 is 11.6 Å². The average Bonchev–Trinajstić information content (AvgIpc) is 3.99. The molecule has 1 aliphatic rings. The Bertz CT molecular complexity index is 2240. The number of carbonyl (C=O) groups is 4. The number of aromatic nitrogens is 4. The van der Waals surface area contributed by atoms with Crippen LogP contribution in [0.1, 0.15) is 28.8 Å². The number of hydrogen-bond acceptors (Lipinski definition) is 12. The topological polar surface area (TPSA) is 198 Å². The molecule has 3 amide bonds. The van der Waals surface area contributed by atoms with Crippen molar-refractivity contribution < 1.29 is 41.8 Å². The third-order valence-corrected chi connectivity index (χ3v) is 8.71. The number of ether oxygens (including phenoxy) is 2. The van der Waals surface area contributed by atoms with E-state index in [1.807, 2.05) is 24.3 Å². The maximum Gasteiger partial charge on any atom is 0.422 e. The number of methoxy groups -OCH3 is 1. The molecule has 0 unspecified atom stereocenters. The zero-order valence-electron chi connectivity index (χ0n) is 29.9. The molecule has 2 aromatic heterocycles. The van der Waals surface area contributed by atoms with Gasteiger partial charge in [0.15, 0.2) is 6.61 Å². The van der Waals surface area contributed by atoms with E-state index in [-0.39, 0.29) is 17.5 Å². The standard InChI is InChI=1S/C38H33ClF3N9O6/c1-56-33(55)29(20-44-31(53)32(54)45-28-6-2-4-23(18-28)24-5-3-17-43-19-24)47-30(52)22-7-13-27(14-8-22)46-34-48-35(50-36(49-34)57-21-38(40,41)42)51-37(15-16-37)25-9-11-26(39)12-10-25/h2-14,17-19,29H,15-16,20-21H2,1H3,(H,44,53)(H,45,54)(H,47,52)(H2,46,48,49,50,51)/t29-/m0/s1. The van der Waals surface area contributed by atoms with Crippen molar-refractivity contribution in [3.05, 3.63) is 113 Å². The van der Waals surface area contributed by atoms with Gasteiger partial charge >= 0.3 is 30.0 Å². The molecule has 1 saturated carbocycles. The number of alkyl halides is 3. The number of anilines is 4. The second-order valence-electron chi connectivity index (χ2n) is 12.6. The molecular weight excluding hydrogens is 771 g/mol. The van der Waals surface area contributed by atoms with E-state index in [9.17, 15) is 32.3 Å². The van der Waals surface area contributed by atoms with Crippen LogP contribution < -0.4 is 31.3 Å². The van der Waals surface area contributed by atoms with Gasteiger partial charge in [0.2, 0.25) is 11.9 Å². The highest BCUT2D eigenvalue weighted by molar-refractivity contribution is 6.39. The van der Waals surface area contributed by atoms with Crippen LogP contribution in [0.15, 0.2) is 97.3 Å². The predicted octanol–water partition coefficient (Wildman–Crippen LogP) is 5.40. The van der Waals surface area contributed by atoms with Crippen molar-refractivity contribution in [3.63, 3.8) is 0 Å². The zero-order valence-corrected chi connectivity index (χ0v) is 30.6. The summed E-state index contributed by atoms with van der Waals surface area (Å²) >= 11 is 6.03. The molecule has 5 aromatic rings. The number of halogens is 4. The van der Waals surface area contributed by atoms with Gasteiger partial charge in [-0.05, 0) is 78.6 Å². The zero-order chi connectivity index (χ0) is 40.6. The van der Waals surface area contributed by atoms with Crippen LogP contribution in [0, 0.1) is 0 Å². The highest BCUT2D eigenvalue weighted by Gasteiger charge is 2.45. The molecule has 0 bridgehead atoms. The molecule has 2 heterocycles. The second kappa shape index (κ2) is 17.3. The number of benzene rings is 3. The fourth-order valence-corrected chi connectivity index (χ4v) is 5.58. The molecule has 1 atom stereocenters. The summed E-state index contributed by atoms with van der Waals surface area (Å²) < 4.78 is 48.5. The fourth-order valence-electron chi connectivity index (χ4n) is 5.46. The first kappa shape index (κ1) is 39.9. The minimum atomic E-state index is -4.65. The molecule has 294 valence electrons. The van der Waals surface area contributed by atoms with Crippen molar-refractivity contribution in [2.45, 2.75) is 30.6 Å². The molecule has 0 aliphatic heterocycles. The fraction of sp³-hybridized carbons (Fsp3) is 0.211. The summed E-state index contributed by atoms with van der Waals surface area (Å²) in [6.45, 7) is -2.11. The van der Waals surface area contributed by atoms with Gasteiger partial charge in [-0.25, -0.2) is 4.79 Å². The van der Waals surface area contributed by atoms with E-state index in [1.54, 1.807) is 48.8 Å². The number of nitrogens with one attached hydrogen (secondary N) is 5. The molecule has 15 nitrogen and oxygen atoms in total. The third kappa shape index (κ3) is 10.9. The van der Waals surface area contributed by atoms with Crippen LogP contribution in [-0.4, -0.2) is 76.1 Å². The first-order valence-electron chi connectivity index (χ1n) is 17.1. The van der Waals surface area contributed by atoms with Gasteiger partial charge in [0.05, 0.1) is 12.6 Å². The Balaban J connectivity index is 1.08. The number of carbonyl (C=O) groups excluding carboxylic acids is 4. The smallest absolute Gasteiger partial charge is 0.422 e. The lowest BCUT2D eigenvalue weighted by molar-refractivity contribution is -0.154. The minimum Gasteiger partial charge on any atom is -0.467 e. The first-order chi connectivity index (χ1) is 27.3. The predicted molar refractivity (Wildman–Crippen MR) is 202 cm³/mol. The van der Waals surface area contributed by atoms with Crippen LogP contribution in [0.3, 0.4) is 0 Å². The summed E-state index contributed by atoms with van der Waals surface area (Å²) in [5.41, 5.74) is 2.63. The number of rotatable bonds is 14. The Morgan fingerprint density at radius 2 is 1.58 bits per heavy atom. The average molecular weight is 804 g/mol. The van der Waals surface area contributed by atoms with Crippen molar-refractivity contribution in [2.75, 3.05) is 36.2 Å². The van der Waals surface area contributed by atoms with Crippen molar-refractivity contribution in [3.8, 4) is 17.1 Å². The van der Waals surface area contributed by atoms with Crippen LogP contribution in [0.2, 0.25) is 5.02 Å². The minimum absolute atomic E-state index is 0.0402. The number of hydrogen-bond donors (Lipinski definition) is 5. The summed E-state index contributed by atoms with van der Waals surface area (Å²) in [6, 6.07) is 21.2. The summed E-state index contributed by atoms with van der Waals surface area (Å²) in [7, 11) is 1.09. The highest BCUT2D eigenvalue weighted by atomic mass is 35.5. The monoisotopic (exact) mass is 803 g/mol. The number of pyridine rings is 1. The van der Waals surface area contributed by atoms with E-state index in [2.05, 4.69) is 46.5 Å². The molecule has 57 heavy (non-hydrogen) atoms. The normalized spacial score (nSPS) is 13.4. The molecule has 3 aromatic carbocycles. The summed E-state index contributed by atoms with van der Waals surface area (Å²) in [5, 5.41) is 13.9. The molecule has 19 heteroatoms. The maximum absolute atomic E-state index is 13.1. The summed E-state index contributed by atoms with van der Waals surface area (Å²) in [6.07, 6.45) is 0.0339. The van der Waals surface area contributed by atoms with Crippen LogP contribution in [0.25, 0.3) is 11.1 Å². The van der Waals surface area contributed by atoms with Gasteiger partial charge in [-0.2, -0.15) is 28.1 Å². The second-order valence-corrected chi connectivity index (χ2v) is 13.1. The van der Waals surface area contributed by atoms with E-state index in [4.69, 9.17) is 21.1 Å². The van der Waals surface area contributed by atoms with Gasteiger partial charge in [0.25, 0.3) is 5.91 Å². The van der Waals surface area contributed by atoms with Crippen molar-refractivity contribution >= 4 is 58.6 Å². The quantitative estimate of drug-likeness (QED) is 0.0709. The van der Waals surface area contributed by atoms with E-state index in [0.29, 0.717) is 29.2 Å². The number of amides is 3. The van der Waals surface area contributed by atoms with Crippen molar-refractivity contribution in [1.29, 1.82) is 0 Å². The van der Waals surface area contributed by atoms with E-state index in [0.717, 1.165) is 23.8 Å². The lowest BCUT2D eigenvalue weighted by Gasteiger charge is -2.19. The molecule has 0 spiro atoms. The van der Waals surface area contributed by atoms with Gasteiger partial charge in [0.1, 0.15) is 6.04 Å². The summed E-state index contributed by atoms with van der Waals surface area (Å²) in [4.78, 5) is 67.4. The lowest BCUT2D eigenvalue weighted by Crippen LogP contribution is -2.50. The van der Waals surface area contributed by atoms with E-state index >= 15 is 0 Å². The molecule has 1 fully saturated rings. The van der Waals surface area contributed by atoms with Gasteiger partial charge in [0, 0.05) is 46.5 Å². The van der Waals surface area contributed by atoms with Crippen LogP contribution in [-0.2, 0) is 24.7 Å². The Morgan fingerprint density at radius 1 is 0.860 bits per heavy atom. The van der Waals surface area contributed by atoms with E-state index < -0.39 is 60.6 Å². The first-order valence-corrected chi connectivity index (χ1v) is 17.5. The Morgan fingerprint density at radius 3 is 2.25 bits per heavy atom. The molecule has 0 saturated heterocycles. The lowest BCUT2D eigenvalue weighted by atomic mass is 10.1. The number of nitrogens with zero attached hydrogens (tertiary/aromatic N) is 4. The van der Waals surface area contributed by atoms with Crippen LogP contribution in [0.5, 0.6) is 6.01 Å². The summed E-state index contributed by atoms with van der Waals surface area (Å²) in [5.74, 6) is -3.89. The molecule has 6 rings (SSSR count).